The molecule has 0 aliphatic heterocycles. The van der Waals surface area contributed by atoms with Crippen LogP contribution in [0.15, 0.2) is 12.1 Å². The number of alkyl halides is 3. The molecule has 0 radical (unpaired) electrons. The molecule has 0 aromatic heterocycles. The summed E-state index contributed by atoms with van der Waals surface area (Å²) in [4.78, 5) is 0. The molecule has 0 aliphatic carbocycles. The Morgan fingerprint density at radius 1 is 1.21 bits per heavy atom. The van der Waals surface area contributed by atoms with Crippen LogP contribution in [0, 0.1) is 0 Å². The van der Waals surface area contributed by atoms with Crippen molar-refractivity contribution in [2.24, 2.45) is 0 Å². The van der Waals surface area contributed by atoms with Crippen LogP contribution >= 0.6 is 23.2 Å². The highest BCUT2D eigenvalue weighted by atomic mass is 35.5. The van der Waals surface area contributed by atoms with Gasteiger partial charge in [0.2, 0.25) is 0 Å². The van der Waals surface area contributed by atoms with Crippen molar-refractivity contribution in [3.8, 4) is 0 Å². The number of halogens is 5. The third kappa shape index (κ3) is 2.15. The highest BCUT2D eigenvalue weighted by Gasteiger charge is 2.34. The Morgan fingerprint density at radius 2 is 1.79 bits per heavy atom. The minimum absolute atomic E-state index is 0.269. The molecule has 1 aromatic rings. The minimum Gasteiger partial charge on any atom is -0.166 e. The fourth-order valence-electron chi connectivity index (χ4n) is 1.14. The van der Waals surface area contributed by atoms with Gasteiger partial charge in [0.15, 0.2) is 0 Å². The van der Waals surface area contributed by atoms with E-state index in [1.165, 1.54) is 6.07 Å². The van der Waals surface area contributed by atoms with E-state index in [1.54, 1.807) is 6.92 Å². The van der Waals surface area contributed by atoms with Crippen LogP contribution in [0.25, 0.3) is 0 Å². The molecule has 0 nitrogen and oxygen atoms in total. The Labute approximate surface area is 89.6 Å². The SMILES string of the molecule is CCc1c(Cl)ccc(C(F)(F)F)c1Cl. The normalized spacial score (nSPS) is 11.9. The Bertz CT molecular complexity index is 345. The maximum atomic E-state index is 12.4. The Kier molecular flexibility index (Phi) is 3.32. The summed E-state index contributed by atoms with van der Waals surface area (Å²) in [6.45, 7) is 1.70. The zero-order valence-corrected chi connectivity index (χ0v) is 8.76. The molecule has 1 aromatic carbocycles. The highest BCUT2D eigenvalue weighted by Crippen LogP contribution is 2.38. The third-order valence-corrected chi connectivity index (χ3v) is 2.63. The monoisotopic (exact) mass is 242 g/mol. The van der Waals surface area contributed by atoms with E-state index >= 15 is 0 Å². The molecule has 0 bridgehead atoms. The van der Waals surface area contributed by atoms with Gasteiger partial charge in [0.05, 0.1) is 10.6 Å². The molecule has 0 aliphatic rings. The molecule has 0 spiro atoms. The van der Waals surface area contributed by atoms with E-state index in [-0.39, 0.29) is 10.0 Å². The lowest BCUT2D eigenvalue weighted by atomic mass is 10.1. The van der Waals surface area contributed by atoms with Crippen molar-refractivity contribution in [2.75, 3.05) is 0 Å². The van der Waals surface area contributed by atoms with E-state index in [4.69, 9.17) is 23.2 Å². The lowest BCUT2D eigenvalue weighted by molar-refractivity contribution is -0.137. The summed E-state index contributed by atoms with van der Waals surface area (Å²) in [5.41, 5.74) is -0.497. The fraction of sp³-hybridized carbons (Fsp3) is 0.333. The van der Waals surface area contributed by atoms with Crippen molar-refractivity contribution in [3.63, 3.8) is 0 Å². The number of benzene rings is 1. The van der Waals surface area contributed by atoms with Crippen molar-refractivity contribution in [1.29, 1.82) is 0 Å². The second-order valence-electron chi connectivity index (χ2n) is 2.74. The Balaban J connectivity index is 3.36. The average Bonchev–Trinajstić information content (AvgIpc) is 2.02. The molecule has 14 heavy (non-hydrogen) atoms. The first-order chi connectivity index (χ1) is 6.38. The zero-order valence-electron chi connectivity index (χ0n) is 7.25. The van der Waals surface area contributed by atoms with Gasteiger partial charge in [-0.2, -0.15) is 13.2 Å². The van der Waals surface area contributed by atoms with Crippen LogP contribution in [0.2, 0.25) is 10.0 Å². The summed E-state index contributed by atoms with van der Waals surface area (Å²) in [6.07, 6.45) is -4.05. The topological polar surface area (TPSA) is 0 Å². The van der Waals surface area contributed by atoms with Gasteiger partial charge in [0.25, 0.3) is 0 Å². The predicted molar refractivity (Wildman–Crippen MR) is 50.8 cm³/mol. The molecule has 0 unspecified atom stereocenters. The van der Waals surface area contributed by atoms with Gasteiger partial charge in [-0.1, -0.05) is 30.1 Å². The van der Waals surface area contributed by atoms with Crippen molar-refractivity contribution in [2.45, 2.75) is 19.5 Å². The molecule has 0 heterocycles. The predicted octanol–water partition coefficient (Wildman–Crippen LogP) is 4.57. The maximum Gasteiger partial charge on any atom is 0.417 e. The van der Waals surface area contributed by atoms with E-state index in [9.17, 15) is 13.2 Å². The van der Waals surface area contributed by atoms with Gasteiger partial charge in [0.1, 0.15) is 0 Å². The van der Waals surface area contributed by atoms with E-state index in [1.807, 2.05) is 0 Å². The second kappa shape index (κ2) is 3.99. The van der Waals surface area contributed by atoms with Gasteiger partial charge in [0, 0.05) is 5.02 Å². The number of rotatable bonds is 1. The van der Waals surface area contributed by atoms with Crippen LogP contribution in [0.5, 0.6) is 0 Å². The van der Waals surface area contributed by atoms with Gasteiger partial charge < -0.3 is 0 Å². The fourth-order valence-corrected chi connectivity index (χ4v) is 1.89. The average molecular weight is 243 g/mol. The number of hydrogen-bond acceptors (Lipinski definition) is 0. The summed E-state index contributed by atoms with van der Waals surface area (Å²) in [5, 5.41) is -0.0296. The van der Waals surface area contributed by atoms with Crippen LogP contribution in [0.1, 0.15) is 18.1 Å². The van der Waals surface area contributed by atoms with Crippen molar-refractivity contribution < 1.29 is 13.2 Å². The largest absolute Gasteiger partial charge is 0.417 e. The first-order valence-electron chi connectivity index (χ1n) is 3.92. The molecule has 0 saturated heterocycles. The molecule has 78 valence electrons. The van der Waals surface area contributed by atoms with Gasteiger partial charge in [-0.05, 0) is 24.1 Å². The first-order valence-corrected chi connectivity index (χ1v) is 4.67. The molecule has 0 N–H and O–H groups in total. The minimum atomic E-state index is -4.43. The molecule has 0 amide bonds. The van der Waals surface area contributed by atoms with Gasteiger partial charge in [-0.25, -0.2) is 0 Å². The Hall–Kier alpha value is -0.410. The van der Waals surface area contributed by atoms with E-state index in [0.717, 1.165) is 6.07 Å². The van der Waals surface area contributed by atoms with Crippen LogP contribution in [-0.2, 0) is 12.6 Å². The molecule has 0 fully saturated rings. The van der Waals surface area contributed by atoms with E-state index in [0.29, 0.717) is 12.0 Å². The second-order valence-corrected chi connectivity index (χ2v) is 3.52. The van der Waals surface area contributed by atoms with Crippen LogP contribution in [0.4, 0.5) is 13.2 Å². The molecule has 0 saturated carbocycles. The number of hydrogen-bond donors (Lipinski definition) is 0. The van der Waals surface area contributed by atoms with Gasteiger partial charge >= 0.3 is 6.18 Å². The van der Waals surface area contributed by atoms with Crippen molar-refractivity contribution >= 4 is 23.2 Å². The summed E-state index contributed by atoms with van der Waals surface area (Å²) in [6, 6.07) is 2.11. The smallest absolute Gasteiger partial charge is 0.166 e. The van der Waals surface area contributed by atoms with Crippen molar-refractivity contribution in [3.05, 3.63) is 33.3 Å². The summed E-state index contributed by atoms with van der Waals surface area (Å²) in [7, 11) is 0. The summed E-state index contributed by atoms with van der Waals surface area (Å²) in [5.74, 6) is 0. The lowest BCUT2D eigenvalue weighted by Gasteiger charge is -2.12. The van der Waals surface area contributed by atoms with Crippen LogP contribution in [0.3, 0.4) is 0 Å². The van der Waals surface area contributed by atoms with E-state index < -0.39 is 11.7 Å². The standard InChI is InChI=1S/C9H7Cl2F3/c1-2-5-7(10)4-3-6(8(5)11)9(12,13)14/h3-4H,2H2,1H3. The first kappa shape index (κ1) is 11.7. The van der Waals surface area contributed by atoms with Crippen LogP contribution < -0.4 is 0 Å². The van der Waals surface area contributed by atoms with Crippen LogP contribution in [-0.4, -0.2) is 0 Å². The summed E-state index contributed by atoms with van der Waals surface area (Å²) >= 11 is 11.3. The Morgan fingerprint density at radius 3 is 2.21 bits per heavy atom. The molecular weight excluding hydrogens is 236 g/mol. The third-order valence-electron chi connectivity index (χ3n) is 1.84. The quantitative estimate of drug-likeness (QED) is 0.677. The van der Waals surface area contributed by atoms with E-state index in [2.05, 4.69) is 0 Å². The van der Waals surface area contributed by atoms with Gasteiger partial charge in [-0.3, -0.25) is 0 Å². The molecular formula is C9H7Cl2F3. The summed E-state index contributed by atoms with van der Waals surface area (Å²) < 4.78 is 37.1. The zero-order chi connectivity index (χ0) is 10.9. The lowest BCUT2D eigenvalue weighted by Crippen LogP contribution is -2.07. The molecule has 5 heteroatoms. The van der Waals surface area contributed by atoms with Crippen molar-refractivity contribution in [1.82, 2.24) is 0 Å². The highest BCUT2D eigenvalue weighted by molar-refractivity contribution is 6.36. The molecule has 0 atom stereocenters. The van der Waals surface area contributed by atoms with Gasteiger partial charge in [-0.15, -0.1) is 0 Å². The molecule has 1 rings (SSSR count). The maximum absolute atomic E-state index is 12.4.